The highest BCUT2D eigenvalue weighted by Gasteiger charge is 2.03. The summed E-state index contributed by atoms with van der Waals surface area (Å²) in [5.74, 6) is 0. The van der Waals surface area contributed by atoms with E-state index in [0.717, 1.165) is 6.42 Å². The van der Waals surface area contributed by atoms with Crippen molar-refractivity contribution in [2.75, 3.05) is 0 Å². The lowest BCUT2D eigenvalue weighted by Crippen LogP contribution is -1.86. The molecule has 0 fully saturated rings. The second-order valence-corrected chi connectivity index (χ2v) is 3.74. The van der Waals surface area contributed by atoms with Gasteiger partial charge in [0.25, 0.3) is 0 Å². The van der Waals surface area contributed by atoms with Crippen LogP contribution in [0.5, 0.6) is 0 Å². The van der Waals surface area contributed by atoms with E-state index in [-0.39, 0.29) is 0 Å². The number of rotatable bonds is 1. The Hall–Kier alpha value is -1.04. The molecule has 0 atom stereocenters. The summed E-state index contributed by atoms with van der Waals surface area (Å²) in [4.78, 5) is 0. The molecule has 0 N–H and O–H groups in total. The van der Waals surface area contributed by atoms with Crippen molar-refractivity contribution in [1.29, 1.82) is 0 Å². The summed E-state index contributed by atoms with van der Waals surface area (Å²) in [5, 5.41) is 0. The summed E-state index contributed by atoms with van der Waals surface area (Å²) < 4.78 is 0. The van der Waals surface area contributed by atoms with Crippen LogP contribution in [0.4, 0.5) is 0 Å². The molecular weight excluding hydrogens is 156 g/mol. The lowest BCUT2D eigenvalue weighted by atomic mass is 9.99. The predicted octanol–water partition coefficient (Wildman–Crippen LogP) is 4.18. The first-order chi connectivity index (χ1) is 6.13. The minimum atomic E-state index is 1.09. The first kappa shape index (κ1) is 10.0. The van der Waals surface area contributed by atoms with E-state index in [9.17, 15) is 0 Å². The molecule has 0 amide bonds. The van der Waals surface area contributed by atoms with Crippen LogP contribution in [0.15, 0.2) is 46.6 Å². The fourth-order valence-electron chi connectivity index (χ4n) is 1.45. The first-order valence-electron chi connectivity index (χ1n) is 4.81. The van der Waals surface area contributed by atoms with Crippen molar-refractivity contribution < 1.29 is 0 Å². The second-order valence-electron chi connectivity index (χ2n) is 3.74. The molecule has 0 bridgehead atoms. The molecule has 0 heteroatoms. The largest absolute Gasteiger partial charge is 0.0844 e. The van der Waals surface area contributed by atoms with E-state index >= 15 is 0 Å². The van der Waals surface area contributed by atoms with Crippen LogP contribution >= 0.6 is 0 Å². The Bertz CT molecular complexity index is 309. The molecule has 0 radical (unpaired) electrons. The van der Waals surface area contributed by atoms with Crippen molar-refractivity contribution in [2.24, 2.45) is 0 Å². The summed E-state index contributed by atoms with van der Waals surface area (Å²) in [6.07, 6.45) is 9.94. The lowest BCUT2D eigenvalue weighted by molar-refractivity contribution is 1.11. The summed E-state index contributed by atoms with van der Waals surface area (Å²) in [6, 6.07) is 0. The third-order valence-corrected chi connectivity index (χ3v) is 2.44. The zero-order valence-corrected chi connectivity index (χ0v) is 9.02. The van der Waals surface area contributed by atoms with Gasteiger partial charge < -0.3 is 0 Å². The van der Waals surface area contributed by atoms with Gasteiger partial charge in [0, 0.05) is 0 Å². The van der Waals surface area contributed by atoms with Crippen LogP contribution < -0.4 is 0 Å². The smallest absolute Gasteiger partial charge is 0.00641 e. The van der Waals surface area contributed by atoms with Gasteiger partial charge in [-0.05, 0) is 39.7 Å². The van der Waals surface area contributed by atoms with Crippen LogP contribution in [0.1, 0.15) is 34.1 Å². The molecular formula is C13H18. The molecule has 1 aliphatic rings. The van der Waals surface area contributed by atoms with Gasteiger partial charge in [-0.1, -0.05) is 41.0 Å². The Morgan fingerprint density at radius 3 is 2.62 bits per heavy atom. The highest BCUT2D eigenvalue weighted by Crippen LogP contribution is 2.23. The maximum absolute atomic E-state index is 2.28. The molecule has 1 aliphatic carbocycles. The van der Waals surface area contributed by atoms with Crippen molar-refractivity contribution in [3.05, 3.63) is 46.6 Å². The highest BCUT2D eigenvalue weighted by molar-refractivity contribution is 5.42. The van der Waals surface area contributed by atoms with Crippen molar-refractivity contribution in [3.63, 3.8) is 0 Å². The molecule has 0 spiro atoms. The Kier molecular flexibility index (Phi) is 3.30. The van der Waals surface area contributed by atoms with Crippen molar-refractivity contribution in [3.8, 4) is 0 Å². The fraction of sp³-hybridized carbons (Fsp3) is 0.385. The van der Waals surface area contributed by atoms with Gasteiger partial charge in [-0.25, -0.2) is 0 Å². The topological polar surface area (TPSA) is 0 Å². The normalized spacial score (nSPS) is 18.8. The average molecular weight is 174 g/mol. The zero-order chi connectivity index (χ0) is 9.84. The maximum atomic E-state index is 2.28. The van der Waals surface area contributed by atoms with Gasteiger partial charge in [0.15, 0.2) is 0 Å². The molecule has 0 saturated heterocycles. The monoisotopic (exact) mass is 174 g/mol. The maximum Gasteiger partial charge on any atom is -0.00641 e. The molecule has 0 saturated carbocycles. The van der Waals surface area contributed by atoms with Gasteiger partial charge in [0.2, 0.25) is 0 Å². The van der Waals surface area contributed by atoms with Crippen LogP contribution in [0, 0.1) is 0 Å². The Labute approximate surface area is 81.4 Å². The molecule has 0 aromatic rings. The van der Waals surface area contributed by atoms with E-state index in [2.05, 4.69) is 52.0 Å². The first-order valence-corrected chi connectivity index (χ1v) is 4.81. The molecule has 70 valence electrons. The van der Waals surface area contributed by atoms with Crippen LogP contribution in [0.3, 0.4) is 0 Å². The molecule has 0 heterocycles. The van der Waals surface area contributed by atoms with Crippen LogP contribution in [-0.4, -0.2) is 0 Å². The fourth-order valence-corrected chi connectivity index (χ4v) is 1.45. The minimum absolute atomic E-state index is 1.09. The van der Waals surface area contributed by atoms with Crippen molar-refractivity contribution in [1.82, 2.24) is 0 Å². The van der Waals surface area contributed by atoms with Gasteiger partial charge in [0.1, 0.15) is 0 Å². The van der Waals surface area contributed by atoms with Gasteiger partial charge in [-0.2, -0.15) is 0 Å². The summed E-state index contributed by atoms with van der Waals surface area (Å²) in [7, 11) is 0. The van der Waals surface area contributed by atoms with Gasteiger partial charge >= 0.3 is 0 Å². The van der Waals surface area contributed by atoms with E-state index in [1.165, 1.54) is 22.3 Å². The van der Waals surface area contributed by atoms with Gasteiger partial charge in [-0.15, -0.1) is 0 Å². The van der Waals surface area contributed by atoms with E-state index < -0.39 is 0 Å². The highest BCUT2D eigenvalue weighted by atomic mass is 14.1. The number of allylic oxidation sites excluding steroid dienone is 8. The van der Waals surface area contributed by atoms with Crippen molar-refractivity contribution >= 4 is 0 Å². The van der Waals surface area contributed by atoms with Gasteiger partial charge in [0.05, 0.1) is 0 Å². The standard InChI is InChI=1S/C13H18/c1-5-12(4)13-8-10(2)6-7-11(3)9-13/h5-8H,9H2,1-4H3/b12-5-. The summed E-state index contributed by atoms with van der Waals surface area (Å²) >= 11 is 0. The summed E-state index contributed by atoms with van der Waals surface area (Å²) in [6.45, 7) is 8.61. The van der Waals surface area contributed by atoms with Crippen LogP contribution in [0.2, 0.25) is 0 Å². The third kappa shape index (κ3) is 2.73. The zero-order valence-electron chi connectivity index (χ0n) is 9.02. The van der Waals surface area contributed by atoms with E-state index in [1.54, 1.807) is 0 Å². The molecule has 0 aromatic carbocycles. The Morgan fingerprint density at radius 1 is 1.31 bits per heavy atom. The Morgan fingerprint density at radius 2 is 2.00 bits per heavy atom. The average Bonchev–Trinajstić information content (AvgIpc) is 2.27. The Balaban J connectivity index is 3.01. The molecule has 0 nitrogen and oxygen atoms in total. The van der Waals surface area contributed by atoms with Gasteiger partial charge in [-0.3, -0.25) is 0 Å². The molecule has 0 unspecified atom stereocenters. The van der Waals surface area contributed by atoms with E-state index in [4.69, 9.17) is 0 Å². The number of hydrogen-bond acceptors (Lipinski definition) is 0. The van der Waals surface area contributed by atoms with Crippen LogP contribution in [0.25, 0.3) is 0 Å². The lowest BCUT2D eigenvalue weighted by Gasteiger charge is -2.06. The van der Waals surface area contributed by atoms with Crippen molar-refractivity contribution in [2.45, 2.75) is 34.1 Å². The third-order valence-electron chi connectivity index (χ3n) is 2.44. The van der Waals surface area contributed by atoms with E-state index in [1.807, 2.05) is 0 Å². The quantitative estimate of drug-likeness (QED) is 0.559. The summed E-state index contributed by atoms with van der Waals surface area (Å²) in [5.41, 5.74) is 5.61. The SMILES string of the molecule is C/C=C(/C)C1=CC(C)=CC=C(C)C1. The second kappa shape index (κ2) is 4.27. The molecule has 1 rings (SSSR count). The molecule has 13 heavy (non-hydrogen) atoms. The number of hydrogen-bond donors (Lipinski definition) is 0. The molecule has 0 aromatic heterocycles. The van der Waals surface area contributed by atoms with E-state index in [0.29, 0.717) is 0 Å². The van der Waals surface area contributed by atoms with Crippen LogP contribution in [-0.2, 0) is 0 Å². The minimum Gasteiger partial charge on any atom is -0.0844 e. The predicted molar refractivity (Wildman–Crippen MR) is 59.6 cm³/mol. The molecule has 0 aliphatic heterocycles.